The van der Waals surface area contributed by atoms with Gasteiger partial charge >= 0.3 is 0 Å². The van der Waals surface area contributed by atoms with Crippen molar-refractivity contribution in [3.8, 4) is 5.75 Å². The Hall–Kier alpha value is -1.95. The van der Waals surface area contributed by atoms with Gasteiger partial charge in [-0.2, -0.15) is 0 Å². The number of nitrogens with zero attached hydrogens (tertiary/aromatic N) is 1. The van der Waals surface area contributed by atoms with Gasteiger partial charge < -0.3 is 10.1 Å². The standard InChI is InChI=1S/C15H14BrFN2O2/c1-10(13-4-2-3-7-18-13)19-15(20)9-21-14-6-5-11(16)8-12(14)17/h2-8,10H,9H2,1H3,(H,19,20). The second-order valence-corrected chi connectivity index (χ2v) is 5.32. The van der Waals surface area contributed by atoms with E-state index in [0.29, 0.717) is 4.47 Å². The molecule has 0 aliphatic carbocycles. The average molecular weight is 353 g/mol. The number of carbonyl (C=O) groups excluding carboxylic acids is 1. The minimum atomic E-state index is -0.519. The molecule has 1 unspecified atom stereocenters. The number of halogens is 2. The summed E-state index contributed by atoms with van der Waals surface area (Å²) in [7, 11) is 0. The Labute approximate surface area is 130 Å². The van der Waals surface area contributed by atoms with Gasteiger partial charge in [0.15, 0.2) is 18.2 Å². The Morgan fingerprint density at radius 3 is 2.90 bits per heavy atom. The van der Waals surface area contributed by atoms with Gasteiger partial charge in [0.25, 0.3) is 5.91 Å². The molecule has 0 aliphatic rings. The van der Waals surface area contributed by atoms with Crippen molar-refractivity contribution in [1.82, 2.24) is 10.3 Å². The van der Waals surface area contributed by atoms with Crippen molar-refractivity contribution in [1.29, 1.82) is 0 Å². The number of benzene rings is 1. The molecule has 1 heterocycles. The van der Waals surface area contributed by atoms with E-state index in [2.05, 4.69) is 26.2 Å². The van der Waals surface area contributed by atoms with Gasteiger partial charge in [0.2, 0.25) is 0 Å². The van der Waals surface area contributed by atoms with Crippen LogP contribution in [0.15, 0.2) is 47.1 Å². The summed E-state index contributed by atoms with van der Waals surface area (Å²) in [6.07, 6.45) is 1.66. The zero-order valence-corrected chi connectivity index (χ0v) is 12.9. The van der Waals surface area contributed by atoms with E-state index in [1.54, 1.807) is 18.3 Å². The van der Waals surface area contributed by atoms with E-state index in [0.717, 1.165) is 5.69 Å². The third kappa shape index (κ3) is 4.53. The third-order valence-corrected chi connectivity index (χ3v) is 3.25. The number of carbonyl (C=O) groups is 1. The van der Waals surface area contributed by atoms with Crippen molar-refractivity contribution >= 4 is 21.8 Å². The van der Waals surface area contributed by atoms with E-state index in [-0.39, 0.29) is 24.3 Å². The van der Waals surface area contributed by atoms with Crippen molar-refractivity contribution < 1.29 is 13.9 Å². The fourth-order valence-corrected chi connectivity index (χ4v) is 2.06. The highest BCUT2D eigenvalue weighted by molar-refractivity contribution is 9.10. The molecule has 0 bridgehead atoms. The first-order valence-corrected chi connectivity index (χ1v) is 7.13. The number of aromatic nitrogens is 1. The Balaban J connectivity index is 1.87. The second-order valence-electron chi connectivity index (χ2n) is 4.41. The molecule has 0 spiro atoms. The normalized spacial score (nSPS) is 11.8. The zero-order valence-electron chi connectivity index (χ0n) is 11.3. The summed E-state index contributed by atoms with van der Waals surface area (Å²) in [4.78, 5) is 15.9. The first kappa shape index (κ1) is 15.4. The molecule has 4 nitrogen and oxygen atoms in total. The maximum Gasteiger partial charge on any atom is 0.258 e. The fraction of sp³-hybridized carbons (Fsp3) is 0.200. The van der Waals surface area contributed by atoms with Crippen LogP contribution in [0.3, 0.4) is 0 Å². The number of rotatable bonds is 5. The number of hydrogen-bond donors (Lipinski definition) is 1. The highest BCUT2D eigenvalue weighted by Gasteiger charge is 2.12. The van der Waals surface area contributed by atoms with Crippen LogP contribution < -0.4 is 10.1 Å². The molecule has 0 radical (unpaired) electrons. The van der Waals surface area contributed by atoms with Gasteiger partial charge in [-0.15, -0.1) is 0 Å². The smallest absolute Gasteiger partial charge is 0.258 e. The van der Waals surface area contributed by atoms with Gasteiger partial charge in [-0.25, -0.2) is 4.39 Å². The molecule has 0 fully saturated rings. The summed E-state index contributed by atoms with van der Waals surface area (Å²) in [5.41, 5.74) is 0.751. The lowest BCUT2D eigenvalue weighted by molar-refractivity contribution is -0.123. The topological polar surface area (TPSA) is 51.2 Å². The molecule has 110 valence electrons. The van der Waals surface area contributed by atoms with E-state index in [1.165, 1.54) is 12.1 Å². The number of amides is 1. The van der Waals surface area contributed by atoms with Crippen molar-refractivity contribution in [2.24, 2.45) is 0 Å². The molecule has 1 N–H and O–H groups in total. The summed E-state index contributed by atoms with van der Waals surface area (Å²) in [6, 6.07) is 9.62. The van der Waals surface area contributed by atoms with Gasteiger partial charge in [0.1, 0.15) is 0 Å². The first-order chi connectivity index (χ1) is 10.1. The van der Waals surface area contributed by atoms with Crippen LogP contribution in [0.5, 0.6) is 5.75 Å². The summed E-state index contributed by atoms with van der Waals surface area (Å²) < 4.78 is 19.3. The van der Waals surface area contributed by atoms with Crippen LogP contribution in [-0.2, 0) is 4.79 Å². The molecule has 1 amide bonds. The van der Waals surface area contributed by atoms with E-state index >= 15 is 0 Å². The lowest BCUT2D eigenvalue weighted by Crippen LogP contribution is -2.31. The van der Waals surface area contributed by atoms with Crippen molar-refractivity contribution in [2.45, 2.75) is 13.0 Å². The fourth-order valence-electron chi connectivity index (χ4n) is 1.72. The molecule has 6 heteroatoms. The molecule has 1 aromatic heterocycles. The van der Waals surface area contributed by atoms with Crippen molar-refractivity contribution in [3.63, 3.8) is 0 Å². The van der Waals surface area contributed by atoms with Crippen LogP contribution in [0.1, 0.15) is 18.7 Å². The molecule has 0 aliphatic heterocycles. The third-order valence-electron chi connectivity index (χ3n) is 2.76. The molecule has 21 heavy (non-hydrogen) atoms. The van der Waals surface area contributed by atoms with Gasteiger partial charge in [0, 0.05) is 10.7 Å². The summed E-state index contributed by atoms with van der Waals surface area (Å²) in [5.74, 6) is -0.815. The predicted octanol–water partition coefficient (Wildman–Crippen LogP) is 3.24. The van der Waals surface area contributed by atoms with E-state index < -0.39 is 5.82 Å². The van der Waals surface area contributed by atoms with Gasteiger partial charge in [0.05, 0.1) is 11.7 Å². The Morgan fingerprint density at radius 2 is 2.24 bits per heavy atom. The van der Waals surface area contributed by atoms with E-state index in [4.69, 9.17) is 4.74 Å². The first-order valence-electron chi connectivity index (χ1n) is 6.34. The predicted molar refractivity (Wildman–Crippen MR) is 80.4 cm³/mol. The van der Waals surface area contributed by atoms with Crippen LogP contribution >= 0.6 is 15.9 Å². The summed E-state index contributed by atoms with van der Waals surface area (Å²) in [5, 5.41) is 2.74. The van der Waals surface area contributed by atoms with E-state index in [9.17, 15) is 9.18 Å². The lowest BCUT2D eigenvalue weighted by Gasteiger charge is -2.14. The van der Waals surface area contributed by atoms with Crippen LogP contribution in [0.2, 0.25) is 0 Å². The van der Waals surface area contributed by atoms with Crippen molar-refractivity contribution in [2.75, 3.05) is 6.61 Å². The van der Waals surface area contributed by atoms with Crippen molar-refractivity contribution in [3.05, 3.63) is 58.6 Å². The van der Waals surface area contributed by atoms with Gasteiger partial charge in [-0.1, -0.05) is 22.0 Å². The molecule has 0 saturated carbocycles. The maximum absolute atomic E-state index is 13.5. The monoisotopic (exact) mass is 352 g/mol. The Bertz CT molecular complexity index is 622. The molecule has 1 aromatic carbocycles. The van der Waals surface area contributed by atoms with Crippen LogP contribution in [0.4, 0.5) is 4.39 Å². The zero-order chi connectivity index (χ0) is 15.2. The number of ether oxygens (including phenoxy) is 1. The number of nitrogens with one attached hydrogen (secondary N) is 1. The average Bonchev–Trinajstić information content (AvgIpc) is 2.47. The molecule has 2 rings (SSSR count). The highest BCUT2D eigenvalue weighted by atomic mass is 79.9. The number of hydrogen-bond acceptors (Lipinski definition) is 3. The molecular formula is C15H14BrFN2O2. The summed E-state index contributed by atoms with van der Waals surface area (Å²) in [6.45, 7) is 1.57. The van der Waals surface area contributed by atoms with Crippen LogP contribution in [-0.4, -0.2) is 17.5 Å². The van der Waals surface area contributed by atoms with Crippen LogP contribution in [0, 0.1) is 5.82 Å². The Morgan fingerprint density at radius 1 is 1.43 bits per heavy atom. The van der Waals surface area contributed by atoms with Gasteiger partial charge in [-0.3, -0.25) is 9.78 Å². The lowest BCUT2D eigenvalue weighted by atomic mass is 10.2. The highest BCUT2D eigenvalue weighted by Crippen LogP contribution is 2.21. The van der Waals surface area contributed by atoms with E-state index in [1.807, 2.05) is 19.1 Å². The summed E-state index contributed by atoms with van der Waals surface area (Å²) >= 11 is 3.15. The molecule has 2 aromatic rings. The maximum atomic E-state index is 13.5. The molecule has 0 saturated heterocycles. The Kier molecular flexibility index (Phi) is 5.27. The minimum Gasteiger partial charge on any atom is -0.481 e. The SMILES string of the molecule is CC(NC(=O)COc1ccc(Br)cc1F)c1ccccn1. The van der Waals surface area contributed by atoms with Crippen LogP contribution in [0.25, 0.3) is 0 Å². The second kappa shape index (κ2) is 7.17. The molecule has 1 atom stereocenters. The largest absolute Gasteiger partial charge is 0.481 e. The number of pyridine rings is 1. The molecular weight excluding hydrogens is 339 g/mol. The van der Waals surface area contributed by atoms with Gasteiger partial charge in [-0.05, 0) is 37.3 Å². The minimum absolute atomic E-state index is 0.0406. The quantitative estimate of drug-likeness (QED) is 0.898.